The highest BCUT2D eigenvalue weighted by Crippen LogP contribution is 2.17. The first-order valence-corrected chi connectivity index (χ1v) is 7.22. The van der Waals surface area contributed by atoms with Crippen LogP contribution in [0, 0.1) is 11.8 Å². The number of hydrogen-bond donors (Lipinski definition) is 0. The molecule has 0 nitrogen and oxygen atoms in total. The summed E-state index contributed by atoms with van der Waals surface area (Å²) in [6.07, 6.45) is 8.99. The summed E-state index contributed by atoms with van der Waals surface area (Å²) in [5, 5.41) is 0. The molecule has 0 bridgehead atoms. The first-order valence-electron chi connectivity index (χ1n) is 7.22. The van der Waals surface area contributed by atoms with Gasteiger partial charge in [0.25, 0.3) is 0 Å². The molecule has 2 unspecified atom stereocenters. The van der Waals surface area contributed by atoms with Crippen molar-refractivity contribution in [1.29, 1.82) is 0 Å². The summed E-state index contributed by atoms with van der Waals surface area (Å²) >= 11 is 0. The lowest BCUT2D eigenvalue weighted by Gasteiger charge is -2.12. The standard InChI is InChI=1S/C20H22/c1-17(13-15-19-9-5-3-6-10-19)18(2)14-16-20-11-7-4-8-12-20/h3-18H,1-2H3/b15-13+,16-14+. The fourth-order valence-electron chi connectivity index (χ4n) is 2.00. The molecule has 0 saturated carbocycles. The second-order valence-corrected chi connectivity index (χ2v) is 5.26. The maximum atomic E-state index is 2.29. The van der Waals surface area contributed by atoms with Crippen LogP contribution in [0.5, 0.6) is 0 Å². The molecule has 0 aliphatic carbocycles. The highest BCUT2D eigenvalue weighted by molar-refractivity contribution is 5.50. The highest BCUT2D eigenvalue weighted by atomic mass is 14.1. The minimum atomic E-state index is 0.523. The van der Waals surface area contributed by atoms with E-state index < -0.39 is 0 Å². The van der Waals surface area contributed by atoms with Crippen LogP contribution in [0.3, 0.4) is 0 Å². The van der Waals surface area contributed by atoms with Gasteiger partial charge in [-0.15, -0.1) is 0 Å². The summed E-state index contributed by atoms with van der Waals surface area (Å²) in [6.45, 7) is 4.53. The molecule has 20 heavy (non-hydrogen) atoms. The van der Waals surface area contributed by atoms with Crippen LogP contribution in [-0.2, 0) is 0 Å². The van der Waals surface area contributed by atoms with E-state index in [0.717, 1.165) is 0 Å². The molecule has 0 heterocycles. The molecule has 0 aliphatic heterocycles. The Morgan fingerprint density at radius 2 is 0.950 bits per heavy atom. The van der Waals surface area contributed by atoms with Gasteiger partial charge < -0.3 is 0 Å². The van der Waals surface area contributed by atoms with Gasteiger partial charge >= 0.3 is 0 Å². The van der Waals surface area contributed by atoms with Crippen LogP contribution in [0.1, 0.15) is 25.0 Å². The third-order valence-electron chi connectivity index (χ3n) is 3.61. The molecule has 0 saturated heterocycles. The van der Waals surface area contributed by atoms with Gasteiger partial charge in [-0.25, -0.2) is 0 Å². The second-order valence-electron chi connectivity index (χ2n) is 5.26. The Hall–Kier alpha value is -2.08. The maximum Gasteiger partial charge on any atom is -0.0198 e. The molecular weight excluding hydrogens is 240 g/mol. The molecule has 2 rings (SSSR count). The third-order valence-corrected chi connectivity index (χ3v) is 3.61. The predicted molar refractivity (Wildman–Crippen MR) is 89.3 cm³/mol. The van der Waals surface area contributed by atoms with Crippen molar-refractivity contribution in [2.45, 2.75) is 13.8 Å². The van der Waals surface area contributed by atoms with E-state index in [4.69, 9.17) is 0 Å². The molecule has 0 aromatic heterocycles. The number of allylic oxidation sites excluding steroid dienone is 2. The smallest absolute Gasteiger partial charge is 0.0198 e. The van der Waals surface area contributed by atoms with Crippen molar-refractivity contribution in [2.75, 3.05) is 0 Å². The van der Waals surface area contributed by atoms with Gasteiger partial charge in [0.1, 0.15) is 0 Å². The lowest BCUT2D eigenvalue weighted by molar-refractivity contribution is 0.562. The number of hydrogen-bond acceptors (Lipinski definition) is 0. The summed E-state index contributed by atoms with van der Waals surface area (Å²) in [6, 6.07) is 20.9. The molecule has 0 fully saturated rings. The van der Waals surface area contributed by atoms with Gasteiger partial charge in [-0.1, -0.05) is 98.8 Å². The molecular formula is C20H22. The summed E-state index contributed by atoms with van der Waals surface area (Å²) in [4.78, 5) is 0. The van der Waals surface area contributed by atoms with Crippen molar-refractivity contribution in [3.8, 4) is 0 Å². The van der Waals surface area contributed by atoms with Crippen molar-refractivity contribution < 1.29 is 0 Å². The van der Waals surface area contributed by atoms with E-state index >= 15 is 0 Å². The van der Waals surface area contributed by atoms with Crippen molar-refractivity contribution in [2.24, 2.45) is 11.8 Å². The van der Waals surface area contributed by atoms with Gasteiger partial charge in [-0.2, -0.15) is 0 Å². The molecule has 0 N–H and O–H groups in total. The zero-order valence-corrected chi connectivity index (χ0v) is 12.2. The Bertz CT molecular complexity index is 496. The van der Waals surface area contributed by atoms with Gasteiger partial charge in [0.2, 0.25) is 0 Å². The summed E-state index contributed by atoms with van der Waals surface area (Å²) in [5.41, 5.74) is 2.53. The van der Waals surface area contributed by atoms with Crippen LogP contribution in [0.4, 0.5) is 0 Å². The Balaban J connectivity index is 1.94. The fraction of sp³-hybridized carbons (Fsp3) is 0.200. The molecule has 0 heteroatoms. The van der Waals surface area contributed by atoms with E-state index in [-0.39, 0.29) is 0 Å². The molecule has 0 amide bonds. The molecule has 2 aromatic carbocycles. The average molecular weight is 262 g/mol. The number of rotatable bonds is 5. The summed E-state index contributed by atoms with van der Waals surface area (Å²) in [7, 11) is 0. The normalized spacial score (nSPS) is 14.7. The summed E-state index contributed by atoms with van der Waals surface area (Å²) < 4.78 is 0. The van der Waals surface area contributed by atoms with Crippen LogP contribution in [0.15, 0.2) is 72.8 Å². The molecule has 2 aromatic rings. The van der Waals surface area contributed by atoms with E-state index in [9.17, 15) is 0 Å². The zero-order valence-electron chi connectivity index (χ0n) is 12.2. The van der Waals surface area contributed by atoms with E-state index in [1.807, 2.05) is 12.1 Å². The van der Waals surface area contributed by atoms with Crippen molar-refractivity contribution in [3.05, 3.63) is 83.9 Å². The van der Waals surface area contributed by atoms with Crippen LogP contribution >= 0.6 is 0 Å². The Morgan fingerprint density at radius 3 is 1.30 bits per heavy atom. The fourth-order valence-corrected chi connectivity index (χ4v) is 2.00. The van der Waals surface area contributed by atoms with Gasteiger partial charge in [0, 0.05) is 0 Å². The lowest BCUT2D eigenvalue weighted by atomic mass is 9.94. The van der Waals surface area contributed by atoms with E-state index in [0.29, 0.717) is 11.8 Å². The van der Waals surface area contributed by atoms with E-state index in [2.05, 4.69) is 86.7 Å². The lowest BCUT2D eigenvalue weighted by Crippen LogP contribution is -2.01. The Kier molecular flexibility index (Phi) is 5.37. The Labute approximate surface area is 122 Å². The van der Waals surface area contributed by atoms with E-state index in [1.54, 1.807) is 0 Å². The topological polar surface area (TPSA) is 0 Å². The summed E-state index contributed by atoms with van der Waals surface area (Å²) in [5.74, 6) is 1.05. The predicted octanol–water partition coefficient (Wildman–Crippen LogP) is 5.69. The molecule has 0 spiro atoms. The van der Waals surface area contributed by atoms with Crippen molar-refractivity contribution in [3.63, 3.8) is 0 Å². The van der Waals surface area contributed by atoms with Crippen LogP contribution in [-0.4, -0.2) is 0 Å². The molecule has 2 atom stereocenters. The third kappa shape index (κ3) is 4.55. The van der Waals surface area contributed by atoms with E-state index in [1.165, 1.54) is 11.1 Å². The van der Waals surface area contributed by atoms with Crippen molar-refractivity contribution >= 4 is 12.2 Å². The van der Waals surface area contributed by atoms with Gasteiger partial charge in [-0.3, -0.25) is 0 Å². The number of benzene rings is 2. The monoisotopic (exact) mass is 262 g/mol. The minimum Gasteiger partial charge on any atom is -0.0805 e. The highest BCUT2D eigenvalue weighted by Gasteiger charge is 2.04. The van der Waals surface area contributed by atoms with Gasteiger partial charge in [0.15, 0.2) is 0 Å². The van der Waals surface area contributed by atoms with Gasteiger partial charge in [0.05, 0.1) is 0 Å². The van der Waals surface area contributed by atoms with Crippen molar-refractivity contribution in [1.82, 2.24) is 0 Å². The quantitative estimate of drug-likeness (QED) is 0.649. The SMILES string of the molecule is CC(/C=C/c1ccccc1)C(C)/C=C/c1ccccc1. The zero-order chi connectivity index (χ0) is 14.2. The largest absolute Gasteiger partial charge is 0.0805 e. The Morgan fingerprint density at radius 1 is 0.600 bits per heavy atom. The first kappa shape index (κ1) is 14.3. The second kappa shape index (κ2) is 7.49. The maximum absolute atomic E-state index is 2.29. The van der Waals surface area contributed by atoms with Crippen LogP contribution < -0.4 is 0 Å². The molecule has 0 aliphatic rings. The van der Waals surface area contributed by atoms with Gasteiger partial charge in [-0.05, 0) is 23.0 Å². The molecule has 0 radical (unpaired) electrons. The minimum absolute atomic E-state index is 0.523. The van der Waals surface area contributed by atoms with Crippen LogP contribution in [0.25, 0.3) is 12.2 Å². The average Bonchev–Trinajstić information content (AvgIpc) is 2.52. The van der Waals surface area contributed by atoms with Crippen LogP contribution in [0.2, 0.25) is 0 Å². The molecule has 102 valence electrons. The first-order chi connectivity index (χ1) is 9.75.